The number of hydrogen-bond acceptors (Lipinski definition) is 16. The Labute approximate surface area is 527 Å². The number of guanidine groups is 2. The van der Waals surface area contributed by atoms with Crippen LogP contribution in [-0.4, -0.2) is 191 Å². The molecule has 0 unspecified atom stereocenters. The van der Waals surface area contributed by atoms with Gasteiger partial charge >= 0.3 is 5.97 Å². The highest BCUT2D eigenvalue weighted by Crippen LogP contribution is 2.26. The first-order valence-corrected chi connectivity index (χ1v) is 32.8. The number of nitrogens with one attached hydrogen (secondary N) is 9. The Balaban J connectivity index is 1.55. The van der Waals surface area contributed by atoms with E-state index in [0.717, 1.165) is 21.6 Å². The second-order valence-corrected chi connectivity index (χ2v) is 25.7. The van der Waals surface area contributed by atoms with Gasteiger partial charge in [0.25, 0.3) is 0 Å². The number of hydrogen-bond donors (Lipinski definition) is 15. The van der Waals surface area contributed by atoms with Gasteiger partial charge < -0.3 is 86.1 Å². The van der Waals surface area contributed by atoms with Gasteiger partial charge in [-0.25, -0.2) is 4.79 Å². The van der Waals surface area contributed by atoms with Gasteiger partial charge in [-0.3, -0.25) is 53.6 Å². The number of nitrogens with zero attached hydrogens (tertiary/aromatic N) is 3. The molecule has 3 aliphatic heterocycles. The zero-order valence-electron chi connectivity index (χ0n) is 50.9. The van der Waals surface area contributed by atoms with Crippen molar-refractivity contribution in [3.05, 3.63) is 71.8 Å². The Hall–Kier alpha value is -7.70. The lowest BCUT2D eigenvalue weighted by atomic mass is 9.89. The molecule has 20 N–H and O–H groups in total. The summed E-state index contributed by atoms with van der Waals surface area (Å²) in [6.45, 7) is 6.30. The summed E-state index contributed by atoms with van der Waals surface area (Å²) >= 11 is 0. The van der Waals surface area contributed by atoms with E-state index in [-0.39, 0.29) is 106 Å². The molecule has 490 valence electrons. The number of nitrogens with two attached hydrogens (primary N) is 5. The third-order valence-electron chi connectivity index (χ3n) is 15.6. The van der Waals surface area contributed by atoms with Crippen LogP contribution in [-0.2, 0) is 60.8 Å². The molecular formula is C59H91N17O11S2. The topological polar surface area (TPSA) is 460 Å². The van der Waals surface area contributed by atoms with E-state index in [1.807, 2.05) is 13.8 Å². The zero-order valence-corrected chi connectivity index (χ0v) is 52.6. The van der Waals surface area contributed by atoms with Crippen LogP contribution in [0.1, 0.15) is 103 Å². The average Bonchev–Trinajstić information content (AvgIpc) is 4.22. The van der Waals surface area contributed by atoms with Crippen molar-refractivity contribution in [3.8, 4) is 0 Å². The number of piperidine rings is 1. The predicted molar refractivity (Wildman–Crippen MR) is 340 cm³/mol. The molecule has 89 heavy (non-hydrogen) atoms. The monoisotopic (exact) mass is 1280 g/mol. The molecule has 0 saturated carbocycles. The summed E-state index contributed by atoms with van der Waals surface area (Å²) < 4.78 is 0. The average molecular weight is 1280 g/mol. The predicted octanol–water partition coefficient (Wildman–Crippen LogP) is -1.61. The third kappa shape index (κ3) is 24.0. The number of aliphatic imine (C=N–C) groups is 1. The van der Waals surface area contributed by atoms with Gasteiger partial charge in [-0.2, -0.15) is 0 Å². The molecule has 5 rings (SSSR count). The van der Waals surface area contributed by atoms with Crippen LogP contribution in [0.4, 0.5) is 0 Å². The summed E-state index contributed by atoms with van der Waals surface area (Å²) in [5.74, 6) is -9.08. The van der Waals surface area contributed by atoms with Crippen molar-refractivity contribution < 1.29 is 53.1 Å². The number of rotatable bonds is 17. The first-order valence-electron chi connectivity index (χ1n) is 30.3. The van der Waals surface area contributed by atoms with E-state index in [1.54, 1.807) is 65.6 Å². The third-order valence-corrected chi connectivity index (χ3v) is 18.0. The lowest BCUT2D eigenvalue weighted by Crippen LogP contribution is -2.61. The maximum atomic E-state index is 14.9. The van der Waals surface area contributed by atoms with Crippen molar-refractivity contribution >= 4 is 92.6 Å². The largest absolute Gasteiger partial charge is 0.480 e. The van der Waals surface area contributed by atoms with Gasteiger partial charge in [-0.05, 0) is 107 Å². The second kappa shape index (κ2) is 36.7. The van der Waals surface area contributed by atoms with E-state index >= 15 is 0 Å². The summed E-state index contributed by atoms with van der Waals surface area (Å²) in [5, 5.41) is 40.3. The minimum absolute atomic E-state index is 0.0274. The number of benzene rings is 2. The highest BCUT2D eigenvalue weighted by atomic mass is 33.1. The van der Waals surface area contributed by atoms with E-state index in [4.69, 9.17) is 34.1 Å². The van der Waals surface area contributed by atoms with Gasteiger partial charge in [-0.1, -0.05) is 96.1 Å². The number of carbonyl (C=O) groups excluding carboxylic acids is 9. The van der Waals surface area contributed by atoms with Crippen LogP contribution < -0.4 is 71.2 Å². The second-order valence-electron chi connectivity index (χ2n) is 23.2. The maximum absolute atomic E-state index is 14.9. The fourth-order valence-corrected chi connectivity index (χ4v) is 12.9. The van der Waals surface area contributed by atoms with E-state index in [1.165, 1.54) is 11.8 Å². The standard InChI is InChI=1S/C59H91N17O11S2/c1-34(2)28-42-52(81)73-45(30-37-16-8-5-9-17-37)54(83)74-46(57(86)87)33-89-88-32-39(61)56(85)76-25-13-20-47(76)55(84)69-40(18-10-11-23-60)49(78)68-41(19-12-24-66-58(62)63)50(79)71-44(29-36-14-6-4-7-15-36)53(82)72-43(51(80)67-35(3)48(77)70-42)31-38-21-26-75(27-22-38)59(64)65/h4-9,14-17,34-35,38-47H,10-13,18-33,60-61H2,1-3H3,(H3,64,65)(H,67,80)(H,68,78)(H,69,84)(H,70,77)(H,71,79)(H,72,82)(H,73,81)(H,74,83)(H,86,87)(H4,62,63,66)/t35-,39-,40-,41-,42-,43-,44-,45-,46-,47-/m0/s1. The van der Waals surface area contributed by atoms with Crippen molar-refractivity contribution in [2.75, 3.05) is 44.2 Å². The molecule has 2 aromatic rings. The quantitative estimate of drug-likeness (QED) is 0.0367. The van der Waals surface area contributed by atoms with Crippen LogP contribution in [0.2, 0.25) is 0 Å². The molecule has 2 aromatic carbocycles. The zero-order chi connectivity index (χ0) is 65.2. The van der Waals surface area contributed by atoms with Crippen LogP contribution in [0.15, 0.2) is 65.7 Å². The van der Waals surface area contributed by atoms with Gasteiger partial charge in [0.15, 0.2) is 11.9 Å². The Morgan fingerprint density at radius 1 is 0.629 bits per heavy atom. The first-order chi connectivity index (χ1) is 42.4. The normalized spacial score (nSPS) is 25.9. The lowest BCUT2D eigenvalue weighted by molar-refractivity contribution is -0.141. The Morgan fingerprint density at radius 2 is 1.12 bits per heavy atom. The molecule has 28 nitrogen and oxygen atoms in total. The van der Waals surface area contributed by atoms with E-state index < -0.39 is 120 Å². The SMILES string of the molecule is CC(C)C[C@@H]1NC(=O)[C@H](C)NC(=O)[C@H](CC2CCN(C(=N)N)CC2)NC(=O)[C@H](Cc2ccccc2)NC(=O)[C@H](CCCN=C(N)N)NC(=O)[C@H](CCCCN)NC(=O)[C@@H]2CCCN2C(=O)[C@@H](N)CSSC[C@@H](C(=O)O)NC(=O)[C@H](Cc2ccccc2)NC1=O. The number of fused-ring (bicyclic) bond motifs is 1. The van der Waals surface area contributed by atoms with Crippen LogP contribution in [0.25, 0.3) is 0 Å². The van der Waals surface area contributed by atoms with Gasteiger partial charge in [-0.15, -0.1) is 0 Å². The van der Waals surface area contributed by atoms with Crippen molar-refractivity contribution in [2.24, 2.45) is 45.5 Å². The Morgan fingerprint density at radius 3 is 1.67 bits per heavy atom. The summed E-state index contributed by atoms with van der Waals surface area (Å²) in [7, 11) is 2.11. The minimum Gasteiger partial charge on any atom is -0.480 e. The smallest absolute Gasteiger partial charge is 0.327 e. The van der Waals surface area contributed by atoms with E-state index in [2.05, 4.69) is 47.5 Å². The molecular weight excluding hydrogens is 1190 g/mol. The number of likely N-dealkylation sites (tertiary alicyclic amines) is 1. The summed E-state index contributed by atoms with van der Waals surface area (Å²) in [4.78, 5) is 150. The van der Waals surface area contributed by atoms with Crippen molar-refractivity contribution in [1.29, 1.82) is 5.41 Å². The summed E-state index contributed by atoms with van der Waals surface area (Å²) in [6.07, 6.45) is 2.62. The highest BCUT2D eigenvalue weighted by molar-refractivity contribution is 8.76. The molecule has 0 aliphatic carbocycles. The Kier molecular flexibility index (Phi) is 29.7. The number of unbranched alkanes of at least 4 members (excludes halogenated alkanes) is 1. The summed E-state index contributed by atoms with van der Waals surface area (Å²) in [5.41, 5.74) is 30.6. The fraction of sp³-hybridized carbons (Fsp3) is 0.593. The molecule has 30 heteroatoms. The lowest BCUT2D eigenvalue weighted by Gasteiger charge is -2.34. The molecule has 10 atom stereocenters. The molecule has 3 saturated heterocycles. The van der Waals surface area contributed by atoms with Gasteiger partial charge in [0.2, 0.25) is 53.2 Å². The summed E-state index contributed by atoms with van der Waals surface area (Å²) in [6, 6.07) is 4.48. The van der Waals surface area contributed by atoms with Crippen LogP contribution in [0.5, 0.6) is 0 Å². The molecule has 3 heterocycles. The molecule has 3 aliphatic rings. The number of carboxylic acids is 1. The molecule has 0 spiro atoms. The van der Waals surface area contributed by atoms with Crippen LogP contribution >= 0.6 is 21.6 Å². The number of aliphatic carboxylic acids is 1. The van der Waals surface area contributed by atoms with Crippen molar-refractivity contribution in [2.45, 2.75) is 165 Å². The minimum atomic E-state index is -1.49. The molecule has 9 amide bonds. The number of carboxylic acid groups (broad SMARTS) is 1. The van der Waals surface area contributed by atoms with Gasteiger partial charge in [0, 0.05) is 50.5 Å². The number of carbonyl (C=O) groups is 10. The fourth-order valence-electron chi connectivity index (χ4n) is 10.6. The maximum Gasteiger partial charge on any atom is 0.327 e. The first kappa shape index (κ1) is 72.0. The van der Waals surface area contributed by atoms with Crippen LogP contribution in [0.3, 0.4) is 0 Å². The van der Waals surface area contributed by atoms with E-state index in [9.17, 15) is 53.1 Å². The molecule has 0 bridgehead atoms. The highest BCUT2D eigenvalue weighted by Gasteiger charge is 2.40. The molecule has 3 fully saturated rings. The van der Waals surface area contributed by atoms with Crippen LogP contribution in [0, 0.1) is 17.2 Å². The molecule has 0 radical (unpaired) electrons. The van der Waals surface area contributed by atoms with Gasteiger partial charge in [0.1, 0.15) is 54.4 Å². The van der Waals surface area contributed by atoms with Crippen molar-refractivity contribution in [3.63, 3.8) is 0 Å². The van der Waals surface area contributed by atoms with Crippen molar-refractivity contribution in [1.82, 2.24) is 52.3 Å². The number of amides is 9. The van der Waals surface area contributed by atoms with Gasteiger partial charge in [0.05, 0.1) is 6.04 Å². The Bertz CT molecular complexity index is 2760. The van der Waals surface area contributed by atoms with E-state index in [0.29, 0.717) is 56.3 Å². The molecule has 0 aromatic heterocycles.